The van der Waals surface area contributed by atoms with E-state index in [0.29, 0.717) is 18.5 Å². The molecule has 116 valence electrons. The molecule has 0 saturated heterocycles. The summed E-state index contributed by atoms with van der Waals surface area (Å²) in [7, 11) is 0. The van der Waals surface area contributed by atoms with Gasteiger partial charge in [0.2, 0.25) is 5.91 Å². The van der Waals surface area contributed by atoms with Crippen LogP contribution in [0.2, 0.25) is 0 Å². The van der Waals surface area contributed by atoms with Crippen LogP contribution in [0.4, 0.5) is 5.69 Å². The molecule has 1 aliphatic carbocycles. The van der Waals surface area contributed by atoms with Gasteiger partial charge in [0.1, 0.15) is 0 Å². The van der Waals surface area contributed by atoms with Crippen LogP contribution in [0, 0.1) is 0 Å². The molecule has 1 fully saturated rings. The Labute approximate surface area is 129 Å². The third-order valence-electron chi connectivity index (χ3n) is 4.07. The SMILES string of the molecule is O=C(CC1(O)CCCCC1)Nc1ccc(-n2nccn2)cc1. The van der Waals surface area contributed by atoms with Gasteiger partial charge in [-0.3, -0.25) is 4.79 Å². The molecule has 1 aromatic carbocycles. The first-order valence-corrected chi connectivity index (χ1v) is 7.64. The van der Waals surface area contributed by atoms with Crippen molar-refractivity contribution in [3.63, 3.8) is 0 Å². The fraction of sp³-hybridized carbons (Fsp3) is 0.438. The van der Waals surface area contributed by atoms with E-state index in [2.05, 4.69) is 15.5 Å². The number of aromatic nitrogens is 3. The van der Waals surface area contributed by atoms with E-state index in [-0.39, 0.29) is 12.3 Å². The average molecular weight is 300 g/mol. The number of carbonyl (C=O) groups is 1. The highest BCUT2D eigenvalue weighted by molar-refractivity contribution is 5.91. The van der Waals surface area contributed by atoms with Gasteiger partial charge in [0.05, 0.1) is 30.1 Å². The van der Waals surface area contributed by atoms with E-state index in [9.17, 15) is 9.90 Å². The molecule has 0 spiro atoms. The minimum Gasteiger partial charge on any atom is -0.389 e. The molecule has 1 heterocycles. The molecule has 22 heavy (non-hydrogen) atoms. The summed E-state index contributed by atoms with van der Waals surface area (Å²) in [6.45, 7) is 0. The number of amides is 1. The molecule has 6 nitrogen and oxygen atoms in total. The van der Waals surface area contributed by atoms with Gasteiger partial charge in [-0.15, -0.1) is 0 Å². The molecule has 3 rings (SSSR count). The van der Waals surface area contributed by atoms with Crippen molar-refractivity contribution >= 4 is 11.6 Å². The summed E-state index contributed by atoms with van der Waals surface area (Å²) in [4.78, 5) is 13.6. The first-order valence-electron chi connectivity index (χ1n) is 7.64. The summed E-state index contributed by atoms with van der Waals surface area (Å²) in [5.41, 5.74) is 0.704. The number of anilines is 1. The number of carbonyl (C=O) groups excluding carboxylic acids is 1. The van der Waals surface area contributed by atoms with Gasteiger partial charge in [-0.25, -0.2) is 0 Å². The molecule has 2 N–H and O–H groups in total. The molecule has 0 bridgehead atoms. The Kier molecular flexibility index (Phi) is 4.20. The second-order valence-corrected chi connectivity index (χ2v) is 5.88. The highest BCUT2D eigenvalue weighted by atomic mass is 16.3. The molecule has 1 saturated carbocycles. The third kappa shape index (κ3) is 3.51. The number of nitrogens with zero attached hydrogens (tertiary/aromatic N) is 3. The van der Waals surface area contributed by atoms with Crippen molar-refractivity contribution in [3.05, 3.63) is 36.7 Å². The summed E-state index contributed by atoms with van der Waals surface area (Å²) >= 11 is 0. The number of hydrogen-bond donors (Lipinski definition) is 2. The molecule has 0 unspecified atom stereocenters. The molecule has 0 atom stereocenters. The molecule has 1 amide bonds. The highest BCUT2D eigenvalue weighted by Gasteiger charge is 2.31. The highest BCUT2D eigenvalue weighted by Crippen LogP contribution is 2.31. The van der Waals surface area contributed by atoms with Crippen LogP contribution in [-0.4, -0.2) is 31.6 Å². The first-order chi connectivity index (χ1) is 10.6. The van der Waals surface area contributed by atoms with Crippen molar-refractivity contribution in [1.82, 2.24) is 15.0 Å². The smallest absolute Gasteiger partial charge is 0.227 e. The molecule has 2 aromatic rings. The van der Waals surface area contributed by atoms with Crippen molar-refractivity contribution in [2.24, 2.45) is 0 Å². The normalized spacial score (nSPS) is 17.1. The summed E-state index contributed by atoms with van der Waals surface area (Å²) < 4.78 is 0. The minimum absolute atomic E-state index is 0.144. The fourth-order valence-electron chi connectivity index (χ4n) is 2.92. The maximum atomic E-state index is 12.1. The van der Waals surface area contributed by atoms with Crippen LogP contribution in [0.15, 0.2) is 36.7 Å². The number of aliphatic hydroxyl groups is 1. The molecular weight excluding hydrogens is 280 g/mol. The first kappa shape index (κ1) is 14.7. The van der Waals surface area contributed by atoms with E-state index in [1.165, 1.54) is 4.80 Å². The lowest BCUT2D eigenvalue weighted by Crippen LogP contribution is -2.35. The maximum absolute atomic E-state index is 12.1. The van der Waals surface area contributed by atoms with Crippen LogP contribution in [0.1, 0.15) is 38.5 Å². The van der Waals surface area contributed by atoms with Gasteiger partial charge in [0.25, 0.3) is 0 Å². The molecule has 0 radical (unpaired) electrons. The summed E-state index contributed by atoms with van der Waals surface area (Å²) in [6.07, 6.45) is 7.95. The molecule has 0 aliphatic heterocycles. The van der Waals surface area contributed by atoms with Gasteiger partial charge in [-0.1, -0.05) is 19.3 Å². The Bertz CT molecular complexity index is 616. The van der Waals surface area contributed by atoms with Gasteiger partial charge in [-0.2, -0.15) is 15.0 Å². The lowest BCUT2D eigenvalue weighted by molar-refractivity contribution is -0.122. The summed E-state index contributed by atoms with van der Waals surface area (Å²) in [5.74, 6) is -0.144. The van der Waals surface area contributed by atoms with Crippen LogP contribution in [0.3, 0.4) is 0 Å². The van der Waals surface area contributed by atoms with Gasteiger partial charge in [0.15, 0.2) is 0 Å². The van der Waals surface area contributed by atoms with E-state index >= 15 is 0 Å². The molecule has 1 aromatic heterocycles. The standard InChI is InChI=1S/C16H20N4O2/c21-15(12-16(22)8-2-1-3-9-16)19-13-4-6-14(7-5-13)20-17-10-11-18-20/h4-7,10-11,22H,1-3,8-9,12H2,(H,19,21). The van der Waals surface area contributed by atoms with Gasteiger partial charge in [-0.05, 0) is 37.1 Å². The van der Waals surface area contributed by atoms with E-state index in [1.54, 1.807) is 12.4 Å². The van der Waals surface area contributed by atoms with Crippen LogP contribution in [0.25, 0.3) is 5.69 Å². The Hall–Kier alpha value is -2.21. The monoisotopic (exact) mass is 300 g/mol. The Balaban J connectivity index is 1.59. The van der Waals surface area contributed by atoms with Crippen molar-refractivity contribution in [2.45, 2.75) is 44.1 Å². The largest absolute Gasteiger partial charge is 0.389 e. The summed E-state index contributed by atoms with van der Waals surface area (Å²) in [6, 6.07) is 7.29. The lowest BCUT2D eigenvalue weighted by Gasteiger charge is -2.31. The minimum atomic E-state index is -0.832. The fourth-order valence-corrected chi connectivity index (χ4v) is 2.92. The van der Waals surface area contributed by atoms with Gasteiger partial charge in [0, 0.05) is 5.69 Å². The number of nitrogens with one attached hydrogen (secondary N) is 1. The zero-order chi connectivity index (χ0) is 15.4. The Morgan fingerprint density at radius 3 is 2.41 bits per heavy atom. The predicted molar refractivity (Wildman–Crippen MR) is 82.6 cm³/mol. The van der Waals surface area contributed by atoms with E-state index in [0.717, 1.165) is 24.9 Å². The zero-order valence-corrected chi connectivity index (χ0v) is 12.4. The van der Waals surface area contributed by atoms with Gasteiger partial charge < -0.3 is 10.4 Å². The second-order valence-electron chi connectivity index (χ2n) is 5.88. The second kappa shape index (κ2) is 6.27. The number of benzene rings is 1. The van der Waals surface area contributed by atoms with E-state index in [4.69, 9.17) is 0 Å². The Morgan fingerprint density at radius 2 is 1.77 bits per heavy atom. The Morgan fingerprint density at radius 1 is 1.14 bits per heavy atom. The lowest BCUT2D eigenvalue weighted by atomic mass is 9.82. The van der Waals surface area contributed by atoms with Crippen LogP contribution in [-0.2, 0) is 4.79 Å². The number of rotatable bonds is 4. The molecule has 6 heteroatoms. The van der Waals surface area contributed by atoms with Crippen molar-refractivity contribution in [3.8, 4) is 5.69 Å². The van der Waals surface area contributed by atoms with Crippen LogP contribution in [0.5, 0.6) is 0 Å². The molecule has 1 aliphatic rings. The number of hydrogen-bond acceptors (Lipinski definition) is 4. The average Bonchev–Trinajstić information content (AvgIpc) is 3.02. The summed E-state index contributed by atoms with van der Waals surface area (Å²) in [5, 5.41) is 21.3. The predicted octanol–water partition coefficient (Wildman–Crippen LogP) is 2.29. The van der Waals surface area contributed by atoms with Crippen LogP contribution >= 0.6 is 0 Å². The van der Waals surface area contributed by atoms with Crippen molar-refractivity contribution in [1.29, 1.82) is 0 Å². The topological polar surface area (TPSA) is 80.0 Å². The van der Waals surface area contributed by atoms with Crippen LogP contribution < -0.4 is 5.32 Å². The van der Waals surface area contributed by atoms with Gasteiger partial charge >= 0.3 is 0 Å². The molecular formula is C16H20N4O2. The third-order valence-corrected chi connectivity index (χ3v) is 4.07. The van der Waals surface area contributed by atoms with Crippen molar-refractivity contribution in [2.75, 3.05) is 5.32 Å². The zero-order valence-electron chi connectivity index (χ0n) is 12.4. The van der Waals surface area contributed by atoms with E-state index in [1.807, 2.05) is 24.3 Å². The quantitative estimate of drug-likeness (QED) is 0.908. The van der Waals surface area contributed by atoms with E-state index < -0.39 is 5.60 Å². The maximum Gasteiger partial charge on any atom is 0.227 e. The van der Waals surface area contributed by atoms with Crippen molar-refractivity contribution < 1.29 is 9.90 Å².